The molecule has 1 N–H and O–H groups in total. The van der Waals surface area contributed by atoms with E-state index in [9.17, 15) is 9.59 Å². The second-order valence-corrected chi connectivity index (χ2v) is 9.69. The molecule has 0 spiro atoms. The third-order valence-electron chi connectivity index (χ3n) is 6.42. The van der Waals surface area contributed by atoms with Crippen molar-refractivity contribution in [2.75, 3.05) is 0 Å². The summed E-state index contributed by atoms with van der Waals surface area (Å²) in [6.45, 7) is 9.50. The molecule has 0 saturated carbocycles. The zero-order valence-electron chi connectivity index (χ0n) is 20.8. The summed E-state index contributed by atoms with van der Waals surface area (Å²) in [6.07, 6.45) is 1.02. The predicted octanol–water partition coefficient (Wildman–Crippen LogP) is 6.11. The molecular formula is C29H31ClN2O3. The number of nitrogens with one attached hydrogen (secondary N) is 1. The lowest BCUT2D eigenvalue weighted by molar-refractivity contribution is -0.143. The number of esters is 1. The molecule has 0 saturated heterocycles. The molecule has 35 heavy (non-hydrogen) atoms. The van der Waals surface area contributed by atoms with Crippen LogP contribution in [0.3, 0.4) is 0 Å². The van der Waals surface area contributed by atoms with Gasteiger partial charge in [-0.2, -0.15) is 0 Å². The fourth-order valence-corrected chi connectivity index (χ4v) is 5.05. The molecule has 1 aromatic heterocycles. The maximum atomic E-state index is 12.9. The van der Waals surface area contributed by atoms with Gasteiger partial charge in [-0.3, -0.25) is 4.79 Å². The summed E-state index contributed by atoms with van der Waals surface area (Å²) >= 11 is 6.53. The number of allylic oxidation sites excluding steroid dienone is 1. The van der Waals surface area contributed by atoms with Gasteiger partial charge >= 0.3 is 5.97 Å². The minimum atomic E-state index is -0.549. The average molecular weight is 491 g/mol. The van der Waals surface area contributed by atoms with Crippen molar-refractivity contribution < 1.29 is 14.3 Å². The Morgan fingerprint density at radius 3 is 2.40 bits per heavy atom. The van der Waals surface area contributed by atoms with Crippen LogP contribution in [0.4, 0.5) is 0 Å². The molecule has 2 aromatic carbocycles. The van der Waals surface area contributed by atoms with Crippen molar-refractivity contribution in [3.05, 3.63) is 87.8 Å². The van der Waals surface area contributed by atoms with E-state index in [-0.39, 0.29) is 17.5 Å². The van der Waals surface area contributed by atoms with Crippen LogP contribution in [0.25, 0.3) is 16.8 Å². The largest absolute Gasteiger partial charge is 0.459 e. The third kappa shape index (κ3) is 4.92. The van der Waals surface area contributed by atoms with E-state index in [0.29, 0.717) is 23.6 Å². The number of ketones is 1. The van der Waals surface area contributed by atoms with Gasteiger partial charge in [-0.1, -0.05) is 48.0 Å². The van der Waals surface area contributed by atoms with Crippen molar-refractivity contribution in [1.29, 1.82) is 0 Å². The van der Waals surface area contributed by atoms with Crippen LogP contribution < -0.4 is 5.32 Å². The van der Waals surface area contributed by atoms with Gasteiger partial charge in [0.2, 0.25) is 0 Å². The van der Waals surface area contributed by atoms with E-state index >= 15 is 0 Å². The van der Waals surface area contributed by atoms with Crippen molar-refractivity contribution in [2.24, 2.45) is 0 Å². The maximum Gasteiger partial charge on any atom is 0.343 e. The Morgan fingerprint density at radius 1 is 1.06 bits per heavy atom. The summed E-state index contributed by atoms with van der Waals surface area (Å²) in [5, 5.41) is 3.91. The van der Waals surface area contributed by atoms with Gasteiger partial charge in [-0.25, -0.2) is 4.79 Å². The number of hydrogen-bond donors (Lipinski definition) is 1. The van der Waals surface area contributed by atoms with Crippen LogP contribution in [0.2, 0.25) is 5.02 Å². The lowest BCUT2D eigenvalue weighted by atomic mass is 10.0. The normalized spacial score (nSPS) is 15.6. The molecule has 1 unspecified atom stereocenters. The molecule has 0 fully saturated rings. The molecule has 4 rings (SSSR count). The number of benzene rings is 2. The number of carbonyl (C=O) groups excluding carboxylic acids is 2. The number of hydrogen-bond acceptors (Lipinski definition) is 4. The Morgan fingerprint density at radius 2 is 1.71 bits per heavy atom. The molecule has 0 aliphatic carbocycles. The highest BCUT2D eigenvalue weighted by molar-refractivity contribution is 6.33. The first-order chi connectivity index (χ1) is 16.7. The van der Waals surface area contributed by atoms with E-state index in [0.717, 1.165) is 28.2 Å². The summed E-state index contributed by atoms with van der Waals surface area (Å²) in [5.74, 6) is -0.738. The van der Waals surface area contributed by atoms with Gasteiger partial charge in [0.15, 0.2) is 5.78 Å². The highest BCUT2D eigenvalue weighted by Gasteiger charge is 2.36. The lowest BCUT2D eigenvalue weighted by Gasteiger charge is -2.16. The molecule has 1 aliphatic rings. The summed E-state index contributed by atoms with van der Waals surface area (Å²) in [4.78, 5) is 25.3. The van der Waals surface area contributed by atoms with Crippen molar-refractivity contribution in [3.8, 4) is 16.8 Å². The topological polar surface area (TPSA) is 60.3 Å². The van der Waals surface area contributed by atoms with Gasteiger partial charge in [-0.15, -0.1) is 0 Å². The van der Waals surface area contributed by atoms with E-state index in [1.807, 2.05) is 36.4 Å². The number of halogens is 1. The smallest absolute Gasteiger partial charge is 0.343 e. The Bertz CT molecular complexity index is 1320. The molecule has 3 aromatic rings. The van der Waals surface area contributed by atoms with E-state index < -0.39 is 12.0 Å². The molecular weight excluding hydrogens is 460 g/mol. The van der Waals surface area contributed by atoms with Gasteiger partial charge in [0, 0.05) is 33.2 Å². The standard InChI is InChI=1S/C29H31ClN2O3/c1-17(2)35-29(34)27-19(4)31-25(28(27)33)15-14-21-16-18(3)32(20(21)5)26-13-9-7-11-23(26)22-10-6-8-12-24(22)30/h6-13,16-17,25,31H,14-15H2,1-5H3. The Hall–Kier alpha value is -3.31. The number of carbonyl (C=O) groups is 2. The SMILES string of the molecule is CC1=C(C(=O)OC(C)C)C(=O)C(CCc2cc(C)n(-c3ccccc3-c3ccccc3Cl)c2C)N1. The first-order valence-electron chi connectivity index (χ1n) is 11.9. The number of rotatable bonds is 7. The van der Waals surface area contributed by atoms with Crippen molar-refractivity contribution in [1.82, 2.24) is 9.88 Å². The maximum absolute atomic E-state index is 12.9. The molecule has 1 atom stereocenters. The van der Waals surface area contributed by atoms with Crippen LogP contribution in [-0.4, -0.2) is 28.5 Å². The van der Waals surface area contributed by atoms with Crippen molar-refractivity contribution in [3.63, 3.8) is 0 Å². The molecule has 0 radical (unpaired) electrons. The highest BCUT2D eigenvalue weighted by Crippen LogP contribution is 2.34. The number of aromatic nitrogens is 1. The predicted molar refractivity (Wildman–Crippen MR) is 140 cm³/mol. The minimum absolute atomic E-state index is 0.142. The van der Waals surface area contributed by atoms with Gasteiger partial charge in [-0.05, 0) is 71.2 Å². The van der Waals surface area contributed by atoms with E-state index in [4.69, 9.17) is 16.3 Å². The fraction of sp³-hybridized carbons (Fsp3) is 0.310. The number of aryl methyl sites for hydroxylation is 2. The van der Waals surface area contributed by atoms with Crippen LogP contribution in [-0.2, 0) is 20.7 Å². The average Bonchev–Trinajstić information content (AvgIpc) is 3.25. The fourth-order valence-electron chi connectivity index (χ4n) is 4.82. The summed E-state index contributed by atoms with van der Waals surface area (Å²) in [6, 6.07) is 17.8. The molecule has 0 bridgehead atoms. The summed E-state index contributed by atoms with van der Waals surface area (Å²) < 4.78 is 7.50. The highest BCUT2D eigenvalue weighted by atomic mass is 35.5. The third-order valence-corrected chi connectivity index (χ3v) is 6.75. The molecule has 2 heterocycles. The van der Waals surface area contributed by atoms with Crippen molar-refractivity contribution in [2.45, 2.75) is 59.6 Å². The van der Waals surface area contributed by atoms with Gasteiger partial charge in [0.25, 0.3) is 0 Å². The van der Waals surface area contributed by atoms with Crippen LogP contribution in [0.5, 0.6) is 0 Å². The number of para-hydroxylation sites is 1. The quantitative estimate of drug-likeness (QED) is 0.320. The van der Waals surface area contributed by atoms with E-state index in [1.54, 1.807) is 20.8 Å². The van der Waals surface area contributed by atoms with Crippen LogP contribution in [0, 0.1) is 13.8 Å². The zero-order chi connectivity index (χ0) is 25.3. The molecule has 0 amide bonds. The van der Waals surface area contributed by atoms with Gasteiger partial charge in [0.05, 0.1) is 17.8 Å². The molecule has 6 heteroatoms. The Kier molecular flexibility index (Phi) is 7.18. The molecule has 1 aliphatic heterocycles. The van der Waals surface area contributed by atoms with Crippen LogP contribution in [0.15, 0.2) is 65.9 Å². The minimum Gasteiger partial charge on any atom is -0.459 e. The summed E-state index contributed by atoms with van der Waals surface area (Å²) in [5.41, 5.74) is 7.24. The first kappa shape index (κ1) is 24.8. The van der Waals surface area contributed by atoms with Crippen LogP contribution in [0.1, 0.15) is 44.1 Å². The summed E-state index contributed by atoms with van der Waals surface area (Å²) in [7, 11) is 0. The zero-order valence-corrected chi connectivity index (χ0v) is 21.6. The molecule has 5 nitrogen and oxygen atoms in total. The second kappa shape index (κ2) is 10.1. The van der Waals surface area contributed by atoms with E-state index in [2.05, 4.69) is 41.9 Å². The van der Waals surface area contributed by atoms with Crippen LogP contribution >= 0.6 is 11.6 Å². The second-order valence-electron chi connectivity index (χ2n) is 9.28. The first-order valence-corrected chi connectivity index (χ1v) is 12.3. The number of ether oxygens (including phenoxy) is 1. The lowest BCUT2D eigenvalue weighted by Crippen LogP contribution is -2.30. The Balaban J connectivity index is 1.57. The van der Waals surface area contributed by atoms with E-state index in [1.165, 1.54) is 5.56 Å². The van der Waals surface area contributed by atoms with Crippen molar-refractivity contribution >= 4 is 23.4 Å². The Labute approximate surface area is 211 Å². The monoisotopic (exact) mass is 490 g/mol. The van der Waals surface area contributed by atoms with Gasteiger partial charge < -0.3 is 14.6 Å². The number of Topliss-reactive ketones (excluding diaryl/α,β-unsaturated/α-hetero) is 1. The number of nitrogens with zero attached hydrogens (tertiary/aromatic N) is 1. The van der Waals surface area contributed by atoms with Gasteiger partial charge in [0.1, 0.15) is 5.57 Å². The molecule has 182 valence electrons.